The number of amides is 2. The van der Waals surface area contributed by atoms with Crippen LogP contribution in [-0.4, -0.2) is 36.3 Å². The molecule has 2 heterocycles. The fraction of sp³-hybridized carbons (Fsp3) is 0.333. The first kappa shape index (κ1) is 16.3. The van der Waals surface area contributed by atoms with Gasteiger partial charge in [0.15, 0.2) is 0 Å². The Morgan fingerprint density at radius 2 is 2.00 bits per heavy atom. The summed E-state index contributed by atoms with van der Waals surface area (Å²) in [7, 11) is 1.62. The van der Waals surface area contributed by atoms with Crippen molar-refractivity contribution in [2.75, 3.05) is 13.6 Å². The lowest BCUT2D eigenvalue weighted by Crippen LogP contribution is -2.52. The average Bonchev–Trinajstić information content (AvgIpc) is 3.12. The van der Waals surface area contributed by atoms with Gasteiger partial charge < -0.3 is 15.1 Å². The summed E-state index contributed by atoms with van der Waals surface area (Å²) in [5, 5.41) is 5.52. The van der Waals surface area contributed by atoms with Crippen molar-refractivity contribution in [3.05, 3.63) is 59.5 Å². The molecule has 0 radical (unpaired) electrons. The molecule has 24 heavy (non-hydrogen) atoms. The summed E-state index contributed by atoms with van der Waals surface area (Å²) in [5.41, 5.74) is 2.33. The molecule has 1 aromatic carbocycles. The Hall–Kier alpha value is -2.60. The second-order valence-corrected chi connectivity index (χ2v) is 5.86. The van der Waals surface area contributed by atoms with E-state index in [-0.39, 0.29) is 24.4 Å². The molecule has 1 aliphatic rings. The van der Waals surface area contributed by atoms with Gasteiger partial charge in [-0.15, -0.1) is 0 Å². The number of hydrogen-bond acceptors (Lipinski definition) is 4. The van der Waals surface area contributed by atoms with Gasteiger partial charge in [0.05, 0.1) is 25.4 Å². The van der Waals surface area contributed by atoms with E-state index < -0.39 is 0 Å². The first-order valence-electron chi connectivity index (χ1n) is 7.99. The maximum Gasteiger partial charge on any atom is 0.237 e. The van der Waals surface area contributed by atoms with Crippen LogP contribution in [0.3, 0.4) is 0 Å². The van der Waals surface area contributed by atoms with Crippen molar-refractivity contribution in [3.63, 3.8) is 0 Å². The van der Waals surface area contributed by atoms with Gasteiger partial charge in [0.1, 0.15) is 5.76 Å². The Labute approximate surface area is 140 Å². The SMILES string of the molecule is CNC(=O)[C@H]1Cc2ccccc2CN1CC(=O)NCc1ccco1. The first-order chi connectivity index (χ1) is 11.7. The normalized spacial score (nSPS) is 17.1. The molecule has 6 nitrogen and oxygen atoms in total. The summed E-state index contributed by atoms with van der Waals surface area (Å²) in [6, 6.07) is 11.3. The highest BCUT2D eigenvalue weighted by Crippen LogP contribution is 2.23. The average molecular weight is 327 g/mol. The van der Waals surface area contributed by atoms with E-state index in [4.69, 9.17) is 4.42 Å². The molecule has 2 amide bonds. The smallest absolute Gasteiger partial charge is 0.237 e. The largest absolute Gasteiger partial charge is 0.467 e. The van der Waals surface area contributed by atoms with Crippen LogP contribution in [0.4, 0.5) is 0 Å². The Morgan fingerprint density at radius 3 is 2.71 bits per heavy atom. The number of nitrogens with one attached hydrogen (secondary N) is 2. The summed E-state index contributed by atoms with van der Waals surface area (Å²) >= 11 is 0. The Kier molecular flexibility index (Phi) is 4.96. The van der Waals surface area contributed by atoms with Crippen LogP contribution in [0.25, 0.3) is 0 Å². The number of likely N-dealkylation sites (N-methyl/N-ethyl adjacent to an activating group) is 1. The number of carbonyl (C=O) groups excluding carboxylic acids is 2. The predicted molar refractivity (Wildman–Crippen MR) is 89.0 cm³/mol. The zero-order valence-electron chi connectivity index (χ0n) is 13.6. The number of carbonyl (C=O) groups is 2. The second kappa shape index (κ2) is 7.31. The standard InChI is InChI=1S/C18H21N3O3/c1-19-18(23)16-9-13-5-2-3-6-14(13)11-21(16)12-17(22)20-10-15-7-4-8-24-15/h2-8,16H,9-12H2,1H3,(H,19,23)(H,20,22)/t16-/m1/s1. The molecule has 1 aromatic heterocycles. The van der Waals surface area contributed by atoms with E-state index >= 15 is 0 Å². The van der Waals surface area contributed by atoms with Crippen LogP contribution in [0.1, 0.15) is 16.9 Å². The third-order valence-corrected chi connectivity index (χ3v) is 4.28. The Bertz CT molecular complexity index is 712. The molecule has 0 fully saturated rings. The summed E-state index contributed by atoms with van der Waals surface area (Å²) < 4.78 is 5.20. The van der Waals surface area contributed by atoms with Crippen molar-refractivity contribution in [3.8, 4) is 0 Å². The zero-order valence-corrected chi connectivity index (χ0v) is 13.6. The molecular formula is C18H21N3O3. The van der Waals surface area contributed by atoms with Crippen LogP contribution in [0.15, 0.2) is 47.1 Å². The maximum absolute atomic E-state index is 12.2. The minimum absolute atomic E-state index is 0.0664. The molecule has 126 valence electrons. The van der Waals surface area contributed by atoms with Crippen molar-refractivity contribution in [2.24, 2.45) is 0 Å². The van der Waals surface area contributed by atoms with Crippen LogP contribution in [0, 0.1) is 0 Å². The van der Waals surface area contributed by atoms with E-state index in [1.807, 2.05) is 35.2 Å². The van der Waals surface area contributed by atoms with Crippen LogP contribution in [0.5, 0.6) is 0 Å². The fourth-order valence-corrected chi connectivity index (χ4v) is 3.01. The van der Waals surface area contributed by atoms with E-state index in [0.29, 0.717) is 25.3 Å². The van der Waals surface area contributed by atoms with E-state index in [0.717, 1.165) is 5.56 Å². The van der Waals surface area contributed by atoms with Gasteiger partial charge in [0.2, 0.25) is 11.8 Å². The summed E-state index contributed by atoms with van der Waals surface area (Å²) in [6.07, 6.45) is 2.19. The monoisotopic (exact) mass is 327 g/mol. The van der Waals surface area contributed by atoms with Gasteiger partial charge in [0, 0.05) is 13.6 Å². The molecule has 0 aliphatic carbocycles. The van der Waals surface area contributed by atoms with Crippen LogP contribution in [0.2, 0.25) is 0 Å². The number of rotatable bonds is 5. The molecule has 2 N–H and O–H groups in total. The lowest BCUT2D eigenvalue weighted by molar-refractivity contribution is -0.129. The van der Waals surface area contributed by atoms with E-state index in [1.54, 1.807) is 19.4 Å². The lowest BCUT2D eigenvalue weighted by Gasteiger charge is -2.35. The quantitative estimate of drug-likeness (QED) is 0.861. The zero-order chi connectivity index (χ0) is 16.9. The third kappa shape index (κ3) is 3.65. The van der Waals surface area contributed by atoms with E-state index in [2.05, 4.69) is 10.6 Å². The molecule has 0 saturated heterocycles. The van der Waals surface area contributed by atoms with Gasteiger partial charge in [-0.2, -0.15) is 0 Å². The first-order valence-corrected chi connectivity index (χ1v) is 7.99. The molecule has 0 spiro atoms. The van der Waals surface area contributed by atoms with Crippen LogP contribution < -0.4 is 10.6 Å². The summed E-state index contributed by atoms with van der Waals surface area (Å²) in [6.45, 7) is 1.11. The number of hydrogen-bond donors (Lipinski definition) is 2. The predicted octanol–water partition coefficient (Wildman–Crippen LogP) is 1.07. The third-order valence-electron chi connectivity index (χ3n) is 4.28. The number of benzene rings is 1. The minimum Gasteiger partial charge on any atom is -0.467 e. The minimum atomic E-state index is -0.334. The molecule has 3 rings (SSSR count). The van der Waals surface area contributed by atoms with Gasteiger partial charge in [-0.1, -0.05) is 24.3 Å². The number of furan rings is 1. The molecule has 0 unspecified atom stereocenters. The van der Waals surface area contributed by atoms with Crippen molar-refractivity contribution >= 4 is 11.8 Å². The van der Waals surface area contributed by atoms with Crippen molar-refractivity contribution < 1.29 is 14.0 Å². The second-order valence-electron chi connectivity index (χ2n) is 5.86. The lowest BCUT2D eigenvalue weighted by atomic mass is 9.93. The molecule has 0 saturated carbocycles. The van der Waals surface area contributed by atoms with E-state index in [1.165, 1.54) is 5.56 Å². The van der Waals surface area contributed by atoms with Gasteiger partial charge in [0.25, 0.3) is 0 Å². The van der Waals surface area contributed by atoms with Gasteiger partial charge in [-0.25, -0.2) is 0 Å². The fourth-order valence-electron chi connectivity index (χ4n) is 3.01. The highest BCUT2D eigenvalue weighted by Gasteiger charge is 2.31. The topological polar surface area (TPSA) is 74.6 Å². The maximum atomic E-state index is 12.2. The van der Waals surface area contributed by atoms with Gasteiger partial charge in [-0.05, 0) is 29.7 Å². The number of nitrogens with zero attached hydrogens (tertiary/aromatic N) is 1. The van der Waals surface area contributed by atoms with Gasteiger partial charge in [-0.3, -0.25) is 14.5 Å². The molecule has 6 heteroatoms. The van der Waals surface area contributed by atoms with Crippen LogP contribution in [-0.2, 0) is 29.1 Å². The number of fused-ring (bicyclic) bond motifs is 1. The molecular weight excluding hydrogens is 306 g/mol. The molecule has 0 bridgehead atoms. The highest BCUT2D eigenvalue weighted by molar-refractivity contribution is 5.84. The molecule has 1 aliphatic heterocycles. The summed E-state index contributed by atoms with van der Waals surface area (Å²) in [5.74, 6) is 0.512. The van der Waals surface area contributed by atoms with Crippen molar-refractivity contribution in [2.45, 2.75) is 25.6 Å². The highest BCUT2D eigenvalue weighted by atomic mass is 16.3. The molecule has 1 atom stereocenters. The Balaban J connectivity index is 1.67. The molecule has 2 aromatic rings. The summed E-state index contributed by atoms with van der Waals surface area (Å²) in [4.78, 5) is 26.4. The Morgan fingerprint density at radius 1 is 1.21 bits per heavy atom. The van der Waals surface area contributed by atoms with Crippen molar-refractivity contribution in [1.82, 2.24) is 15.5 Å². The van der Waals surface area contributed by atoms with Gasteiger partial charge >= 0.3 is 0 Å². The van der Waals surface area contributed by atoms with Crippen molar-refractivity contribution in [1.29, 1.82) is 0 Å². The van der Waals surface area contributed by atoms with Crippen LogP contribution >= 0.6 is 0 Å². The van der Waals surface area contributed by atoms with E-state index in [9.17, 15) is 9.59 Å².